The van der Waals surface area contributed by atoms with E-state index in [9.17, 15) is 26.3 Å². The molecule has 0 aliphatic heterocycles. The SMILES string of the molecule is Fc1ccc(-c2cccnc2-c2ccn([B-](n3cccn3)(n3cccn3)n3cccn3)n2)c(F)c1.Fc1ccc(-c2cccnc2-c2ccn([B-](n3cccn3)(n3cccn3)n3cccn3)n2)c(F)c1.Fc1ccc(-c2cccnc2-c2ccn([B-](n3cccn3)(n3cccn3)n3cccn3)n2)c(F)c1.[Ir+3]. The number of rotatable bonds is 18. The van der Waals surface area contributed by atoms with Gasteiger partial charge in [0.05, 0.1) is 17.1 Å². The molecule has 15 aromatic heterocycles. The van der Waals surface area contributed by atoms with Crippen molar-refractivity contribution in [2.75, 3.05) is 0 Å². The molecule has 0 unspecified atom stereocenters. The molecule has 0 N–H and O–H groups in total. The van der Waals surface area contributed by atoms with Gasteiger partial charge in [0.2, 0.25) is 0 Å². The van der Waals surface area contributed by atoms with Gasteiger partial charge in [0.1, 0.15) is 52.0 Å². The van der Waals surface area contributed by atoms with Gasteiger partial charge >= 0.3 is 40.2 Å². The first kappa shape index (κ1) is 67.9. The molecule has 0 spiro atoms. The number of aromatic nitrogens is 27. The molecule has 522 valence electrons. The summed E-state index contributed by atoms with van der Waals surface area (Å²) in [7, 11) is 0. The number of hydrogen-bond acceptors (Lipinski definition) is 15. The number of halogens is 6. The maximum atomic E-state index is 14.7. The van der Waals surface area contributed by atoms with Gasteiger partial charge in [0, 0.05) is 126 Å². The molecule has 0 amide bonds. The third-order valence-electron chi connectivity index (χ3n) is 17.6. The Morgan fingerprint density at radius 1 is 0.217 bits per heavy atom. The first-order valence-electron chi connectivity index (χ1n) is 32.4. The van der Waals surface area contributed by atoms with Gasteiger partial charge < -0.3 is 55.1 Å². The second kappa shape index (κ2) is 28.8. The van der Waals surface area contributed by atoms with E-state index in [4.69, 9.17) is 15.3 Å². The Morgan fingerprint density at radius 3 is 0.623 bits per heavy atom. The molecule has 0 atom stereocenters. The molecule has 27 nitrogen and oxygen atoms in total. The first-order valence-corrected chi connectivity index (χ1v) is 32.4. The summed E-state index contributed by atoms with van der Waals surface area (Å²) in [5, 5.41) is 55.1. The van der Waals surface area contributed by atoms with Gasteiger partial charge in [-0.05, 0) is 202 Å². The van der Waals surface area contributed by atoms with E-state index in [1.165, 1.54) is 36.4 Å². The zero-order valence-corrected chi connectivity index (χ0v) is 57.2. The third kappa shape index (κ3) is 12.0. The van der Waals surface area contributed by atoms with Crippen molar-refractivity contribution < 1.29 is 46.4 Å². The molecular weight excluding hydrogens is 1550 g/mol. The molecule has 0 aliphatic carbocycles. The largest absolute Gasteiger partial charge is 3.00 e. The molecule has 18 rings (SSSR count). The average molecular weight is 1600 g/mol. The van der Waals surface area contributed by atoms with Crippen molar-refractivity contribution in [3.63, 3.8) is 0 Å². The third-order valence-corrected chi connectivity index (χ3v) is 17.6. The number of pyridine rings is 3. The summed E-state index contributed by atoms with van der Waals surface area (Å²) in [6, 6.07) is 42.3. The Bertz CT molecular complexity index is 5050. The molecule has 0 bridgehead atoms. The summed E-state index contributed by atoms with van der Waals surface area (Å²) in [5.74, 6) is -3.98. The monoisotopic (exact) mass is 1600 g/mol. The van der Waals surface area contributed by atoms with Crippen LogP contribution in [0.2, 0.25) is 0 Å². The molecule has 3 aromatic carbocycles. The fraction of sp³-hybridized carbons (Fsp3) is 0. The van der Waals surface area contributed by atoms with Crippen LogP contribution >= 0.6 is 0 Å². The van der Waals surface area contributed by atoms with Crippen molar-refractivity contribution in [3.8, 4) is 67.5 Å². The quantitative estimate of drug-likeness (QED) is 0.0572. The van der Waals surface area contributed by atoms with Crippen LogP contribution < -0.4 is 0 Å². The zero-order chi connectivity index (χ0) is 71.5. The molecule has 0 saturated heterocycles. The topological polar surface area (TPSA) is 253 Å². The second-order valence-corrected chi connectivity index (χ2v) is 23.6. The van der Waals surface area contributed by atoms with Crippen LogP contribution in [0.5, 0.6) is 0 Å². The van der Waals surface area contributed by atoms with Gasteiger partial charge in [-0.1, -0.05) is 18.2 Å². The average Bonchev–Trinajstić information content (AvgIpc) is 1.57. The predicted molar refractivity (Wildman–Crippen MR) is 375 cm³/mol. The van der Waals surface area contributed by atoms with Gasteiger partial charge in [-0.3, -0.25) is 15.0 Å². The van der Waals surface area contributed by atoms with Gasteiger partial charge in [-0.2, -0.15) is 0 Å². The maximum absolute atomic E-state index is 14.7. The molecule has 0 fully saturated rings. The molecule has 0 saturated carbocycles. The van der Waals surface area contributed by atoms with E-state index in [1.54, 1.807) is 203 Å². The molecule has 106 heavy (non-hydrogen) atoms. The fourth-order valence-electron chi connectivity index (χ4n) is 13.1. The number of nitrogens with zero attached hydrogens (tertiary/aromatic N) is 27. The standard InChI is InChI=1S/3C23H17BF2N9.Ir/c3*25-18-6-7-19(21(26)17-18)20-5-1-9-27-23(20)22-8-16-35(31-22)24(32-13-2-10-28-32,33-14-3-11-29-33)34-15-4-12-30-34;/h3*1-17H;/q3*-1;+3. The molecule has 15 heterocycles. The molecular formula is C69H51B3F6IrN27. The summed E-state index contributed by atoms with van der Waals surface area (Å²) >= 11 is 0. The molecule has 0 radical (unpaired) electrons. The Hall–Kier alpha value is -13.9. The van der Waals surface area contributed by atoms with Crippen LogP contribution in [-0.2, 0) is 20.1 Å². The van der Waals surface area contributed by atoms with Crippen LogP contribution in [-0.4, -0.2) is 151 Å². The smallest absolute Gasteiger partial charge is 0.379 e. The summed E-state index contributed by atoms with van der Waals surface area (Å²) in [6.45, 7) is -6.55. The van der Waals surface area contributed by atoms with Crippen LogP contribution in [0.15, 0.2) is 313 Å². The number of benzene rings is 3. The van der Waals surface area contributed by atoms with Crippen molar-refractivity contribution >= 4 is 20.1 Å². The van der Waals surface area contributed by atoms with Crippen molar-refractivity contribution in [1.82, 2.24) is 131 Å². The van der Waals surface area contributed by atoms with Crippen LogP contribution in [0.1, 0.15) is 0 Å². The first-order chi connectivity index (χ1) is 51.5. The fourth-order valence-corrected chi connectivity index (χ4v) is 13.1. The van der Waals surface area contributed by atoms with E-state index < -0.39 is 55.0 Å². The van der Waals surface area contributed by atoms with E-state index in [2.05, 4.69) is 60.8 Å². The summed E-state index contributed by atoms with van der Waals surface area (Å²) in [5.41, 5.74) is 4.97. The second-order valence-electron chi connectivity index (χ2n) is 23.6. The van der Waals surface area contributed by atoms with Crippen molar-refractivity contribution in [2.45, 2.75) is 0 Å². The predicted octanol–water partition coefficient (Wildman–Crippen LogP) is 10.2. The summed E-state index contributed by atoms with van der Waals surface area (Å²) in [4.78, 5) is 13.4. The van der Waals surface area contributed by atoms with E-state index in [0.717, 1.165) is 18.2 Å². The minimum Gasteiger partial charge on any atom is -0.379 e. The Labute approximate surface area is 609 Å². The number of hydrogen-bond donors (Lipinski definition) is 0. The van der Waals surface area contributed by atoms with Crippen LogP contribution in [0.25, 0.3) is 67.5 Å². The van der Waals surface area contributed by atoms with E-state index in [0.29, 0.717) is 50.9 Å². The Balaban J connectivity index is 0.000000127. The van der Waals surface area contributed by atoms with Crippen molar-refractivity contribution in [3.05, 3.63) is 347 Å². The Kier molecular flexibility index (Phi) is 18.5. The van der Waals surface area contributed by atoms with Crippen LogP contribution in [0.4, 0.5) is 26.3 Å². The minimum absolute atomic E-state index is 0. The maximum Gasteiger partial charge on any atom is 3.00 e. The zero-order valence-electron chi connectivity index (χ0n) is 54.9. The Morgan fingerprint density at radius 2 is 0.434 bits per heavy atom. The molecule has 37 heteroatoms. The van der Waals surface area contributed by atoms with E-state index >= 15 is 0 Å². The van der Waals surface area contributed by atoms with Crippen LogP contribution in [0, 0.1) is 34.9 Å². The van der Waals surface area contributed by atoms with E-state index in [1.807, 2.05) is 110 Å². The molecule has 18 aromatic rings. The van der Waals surface area contributed by atoms with Crippen LogP contribution in [0.3, 0.4) is 0 Å². The van der Waals surface area contributed by atoms with E-state index in [-0.39, 0.29) is 36.8 Å². The van der Waals surface area contributed by atoms with Gasteiger partial charge in [0.15, 0.2) is 0 Å². The van der Waals surface area contributed by atoms with Crippen molar-refractivity contribution in [2.24, 2.45) is 0 Å². The normalized spacial score (nSPS) is 11.6. The van der Waals surface area contributed by atoms with Crippen molar-refractivity contribution in [1.29, 1.82) is 0 Å². The van der Waals surface area contributed by atoms with Gasteiger partial charge in [-0.25, -0.2) is 87.5 Å². The summed E-state index contributed by atoms with van der Waals surface area (Å²) < 4.78 is 105. The summed E-state index contributed by atoms with van der Waals surface area (Å²) in [6.07, 6.45) is 41.5. The van der Waals surface area contributed by atoms with Gasteiger partial charge in [-0.15, -0.1) is 0 Å². The van der Waals surface area contributed by atoms with Gasteiger partial charge in [0.25, 0.3) is 0 Å². The molecule has 0 aliphatic rings. The minimum atomic E-state index is -2.18.